The van der Waals surface area contributed by atoms with Crippen molar-refractivity contribution in [3.05, 3.63) is 72.8 Å². The number of hydrogen-bond donors (Lipinski definition) is 2. The van der Waals surface area contributed by atoms with Crippen molar-refractivity contribution in [2.24, 2.45) is 0 Å². The number of fused-ring (bicyclic) bond motifs is 1. The van der Waals surface area contributed by atoms with E-state index in [4.69, 9.17) is 5.11 Å². The summed E-state index contributed by atoms with van der Waals surface area (Å²) in [7, 11) is 0. The Kier molecular flexibility index (Phi) is 3.82. The lowest BCUT2D eigenvalue weighted by molar-refractivity contribution is 0.475. The first-order valence-corrected chi connectivity index (χ1v) is 5.68. The summed E-state index contributed by atoms with van der Waals surface area (Å²) >= 11 is 0. The quantitative estimate of drug-likeness (QED) is 0.622. The highest BCUT2D eigenvalue weighted by atomic mass is 16.3. The summed E-state index contributed by atoms with van der Waals surface area (Å²) in [6.07, 6.45) is 0. The summed E-state index contributed by atoms with van der Waals surface area (Å²) in [4.78, 5) is 0. The van der Waals surface area contributed by atoms with Gasteiger partial charge >= 0.3 is 0 Å². The first-order chi connectivity index (χ1) is 8.77. The molecule has 2 N–H and O–H groups in total. The number of benzene rings is 3. The van der Waals surface area contributed by atoms with E-state index in [9.17, 15) is 5.11 Å². The fourth-order valence-electron chi connectivity index (χ4n) is 1.64. The Morgan fingerprint density at radius 1 is 0.556 bits per heavy atom. The largest absolute Gasteiger partial charge is 0.508 e. The van der Waals surface area contributed by atoms with E-state index in [-0.39, 0.29) is 0 Å². The molecule has 0 unspecified atom stereocenters. The lowest BCUT2D eigenvalue weighted by atomic mass is 10.1. The maximum absolute atomic E-state index is 9.37. The van der Waals surface area contributed by atoms with Crippen LogP contribution in [0.2, 0.25) is 0 Å². The summed E-state index contributed by atoms with van der Waals surface area (Å²) in [6, 6.07) is 22.0. The zero-order chi connectivity index (χ0) is 12.8. The van der Waals surface area contributed by atoms with Gasteiger partial charge in [-0.05, 0) is 23.6 Å². The third kappa shape index (κ3) is 3.01. The summed E-state index contributed by atoms with van der Waals surface area (Å²) < 4.78 is 0. The molecule has 0 aliphatic rings. The zero-order valence-corrected chi connectivity index (χ0v) is 9.82. The normalized spacial score (nSPS) is 9.56. The first kappa shape index (κ1) is 12.0. The van der Waals surface area contributed by atoms with Gasteiger partial charge in [-0.2, -0.15) is 0 Å². The fraction of sp³-hybridized carbons (Fsp3) is 0. The van der Waals surface area contributed by atoms with E-state index in [0.29, 0.717) is 11.5 Å². The van der Waals surface area contributed by atoms with Crippen LogP contribution in [0.15, 0.2) is 72.8 Å². The monoisotopic (exact) mass is 238 g/mol. The fourth-order valence-corrected chi connectivity index (χ4v) is 1.64. The number of para-hydroxylation sites is 1. The molecule has 3 rings (SSSR count). The van der Waals surface area contributed by atoms with Gasteiger partial charge in [0.2, 0.25) is 0 Å². The van der Waals surface area contributed by atoms with Crippen LogP contribution < -0.4 is 0 Å². The molecule has 2 nitrogen and oxygen atoms in total. The molecule has 0 saturated carbocycles. The molecule has 0 amide bonds. The van der Waals surface area contributed by atoms with E-state index in [1.807, 2.05) is 42.5 Å². The van der Waals surface area contributed by atoms with Crippen LogP contribution in [0.4, 0.5) is 0 Å². The van der Waals surface area contributed by atoms with Crippen molar-refractivity contribution in [2.75, 3.05) is 0 Å². The Morgan fingerprint density at radius 3 is 1.78 bits per heavy atom. The predicted octanol–water partition coefficient (Wildman–Crippen LogP) is 3.94. The van der Waals surface area contributed by atoms with E-state index >= 15 is 0 Å². The minimum atomic E-state index is 0.322. The Hall–Kier alpha value is -2.48. The van der Waals surface area contributed by atoms with Gasteiger partial charge in [-0.3, -0.25) is 0 Å². The molecule has 18 heavy (non-hydrogen) atoms. The van der Waals surface area contributed by atoms with Crippen molar-refractivity contribution in [3.63, 3.8) is 0 Å². The van der Waals surface area contributed by atoms with Gasteiger partial charge in [0.1, 0.15) is 11.5 Å². The molecule has 0 radical (unpaired) electrons. The van der Waals surface area contributed by atoms with Gasteiger partial charge in [0.25, 0.3) is 0 Å². The van der Waals surface area contributed by atoms with Crippen molar-refractivity contribution >= 4 is 10.8 Å². The minimum absolute atomic E-state index is 0.322. The average Bonchev–Trinajstić information content (AvgIpc) is 2.41. The summed E-state index contributed by atoms with van der Waals surface area (Å²) in [5, 5.41) is 20.0. The van der Waals surface area contributed by atoms with Crippen LogP contribution in [0.25, 0.3) is 10.8 Å². The van der Waals surface area contributed by atoms with E-state index in [0.717, 1.165) is 10.8 Å². The van der Waals surface area contributed by atoms with Crippen LogP contribution in [-0.2, 0) is 0 Å². The molecule has 0 aliphatic heterocycles. The maximum atomic E-state index is 9.37. The van der Waals surface area contributed by atoms with Gasteiger partial charge in [-0.1, -0.05) is 54.6 Å². The Bertz CT molecular complexity index is 613. The molecule has 0 saturated heterocycles. The zero-order valence-electron chi connectivity index (χ0n) is 9.82. The molecule has 3 aromatic carbocycles. The highest BCUT2D eigenvalue weighted by molar-refractivity contribution is 5.87. The molecule has 0 fully saturated rings. The molecule has 2 heteroatoms. The van der Waals surface area contributed by atoms with Crippen LogP contribution >= 0.6 is 0 Å². The van der Waals surface area contributed by atoms with Crippen molar-refractivity contribution in [3.8, 4) is 11.5 Å². The van der Waals surface area contributed by atoms with Crippen LogP contribution in [0.1, 0.15) is 0 Å². The van der Waals surface area contributed by atoms with E-state index < -0.39 is 0 Å². The lowest BCUT2D eigenvalue weighted by Crippen LogP contribution is -1.70. The number of hydrogen-bond acceptors (Lipinski definition) is 2. The molecular weight excluding hydrogens is 224 g/mol. The maximum Gasteiger partial charge on any atom is 0.123 e. The minimum Gasteiger partial charge on any atom is -0.508 e. The van der Waals surface area contributed by atoms with Crippen LogP contribution in [0.5, 0.6) is 11.5 Å². The molecule has 0 atom stereocenters. The highest BCUT2D eigenvalue weighted by Crippen LogP contribution is 2.22. The second kappa shape index (κ2) is 5.73. The molecular formula is C16H14O2. The molecule has 0 bridgehead atoms. The Labute approximate surface area is 106 Å². The molecule has 90 valence electrons. The van der Waals surface area contributed by atoms with Gasteiger partial charge < -0.3 is 10.2 Å². The topological polar surface area (TPSA) is 40.5 Å². The first-order valence-electron chi connectivity index (χ1n) is 5.68. The van der Waals surface area contributed by atoms with Gasteiger partial charge in [-0.15, -0.1) is 0 Å². The van der Waals surface area contributed by atoms with E-state index in [1.54, 1.807) is 30.3 Å². The number of rotatable bonds is 0. The number of phenolic OH excluding ortho intramolecular Hbond substituents is 2. The average molecular weight is 238 g/mol. The third-order valence-electron chi connectivity index (χ3n) is 2.52. The molecule has 0 aromatic heterocycles. The van der Waals surface area contributed by atoms with Crippen LogP contribution in [0.3, 0.4) is 0 Å². The number of aromatic hydroxyl groups is 2. The molecule has 0 spiro atoms. The second-order valence-electron chi connectivity index (χ2n) is 3.83. The SMILES string of the molecule is Oc1cccc2ccccc12.Oc1ccccc1. The number of phenols is 2. The standard InChI is InChI=1S/C10H8O.C6H6O/c11-10-7-3-5-8-4-1-2-6-9(8)10;7-6-4-2-1-3-5-6/h1-7,11H;1-5,7H. The smallest absolute Gasteiger partial charge is 0.123 e. The summed E-state index contributed by atoms with van der Waals surface area (Å²) in [5.41, 5.74) is 0. The molecule has 0 heterocycles. The second-order valence-corrected chi connectivity index (χ2v) is 3.83. The van der Waals surface area contributed by atoms with Gasteiger partial charge in [0.05, 0.1) is 0 Å². The van der Waals surface area contributed by atoms with Crippen molar-refractivity contribution in [2.45, 2.75) is 0 Å². The van der Waals surface area contributed by atoms with E-state index in [2.05, 4.69) is 0 Å². The van der Waals surface area contributed by atoms with Crippen LogP contribution in [-0.4, -0.2) is 10.2 Å². The van der Waals surface area contributed by atoms with Gasteiger partial charge in [0, 0.05) is 5.39 Å². The molecule has 3 aromatic rings. The van der Waals surface area contributed by atoms with Gasteiger partial charge in [-0.25, -0.2) is 0 Å². The highest BCUT2D eigenvalue weighted by Gasteiger charge is 1.94. The predicted molar refractivity (Wildman–Crippen MR) is 73.7 cm³/mol. The van der Waals surface area contributed by atoms with Crippen molar-refractivity contribution in [1.29, 1.82) is 0 Å². The Balaban J connectivity index is 0.000000149. The van der Waals surface area contributed by atoms with Crippen LogP contribution in [0, 0.1) is 0 Å². The van der Waals surface area contributed by atoms with E-state index in [1.165, 1.54) is 0 Å². The summed E-state index contributed by atoms with van der Waals surface area (Å²) in [6.45, 7) is 0. The lowest BCUT2D eigenvalue weighted by Gasteiger charge is -1.97. The van der Waals surface area contributed by atoms with Crippen molar-refractivity contribution < 1.29 is 10.2 Å². The summed E-state index contributed by atoms with van der Waals surface area (Å²) in [5.74, 6) is 0.672. The third-order valence-corrected chi connectivity index (χ3v) is 2.52. The Morgan fingerprint density at radius 2 is 1.17 bits per heavy atom. The molecule has 0 aliphatic carbocycles. The van der Waals surface area contributed by atoms with Crippen molar-refractivity contribution in [1.82, 2.24) is 0 Å². The van der Waals surface area contributed by atoms with Gasteiger partial charge in [0.15, 0.2) is 0 Å².